The van der Waals surface area contributed by atoms with Crippen molar-refractivity contribution >= 4 is 33.2 Å². The molecule has 1 rings (SSSR count). The van der Waals surface area contributed by atoms with Gasteiger partial charge in [-0.3, -0.25) is 4.79 Å². The second-order valence-electron chi connectivity index (χ2n) is 4.12. The molecule has 0 bridgehead atoms. The Labute approximate surface area is 123 Å². The van der Waals surface area contributed by atoms with E-state index in [0.717, 1.165) is 13.1 Å². The van der Waals surface area contributed by atoms with Crippen molar-refractivity contribution in [3.05, 3.63) is 22.7 Å². The smallest absolute Gasteiger partial charge is 0.397 e. The van der Waals surface area contributed by atoms with E-state index >= 15 is 0 Å². The number of nitrogens with two attached hydrogens (primary N) is 1. The normalized spacial score (nSPS) is 12.6. The number of halogens is 7. The number of alkyl halides is 6. The van der Waals surface area contributed by atoms with E-state index in [2.05, 4.69) is 15.9 Å². The summed E-state index contributed by atoms with van der Waals surface area (Å²) in [5.74, 6) is -6.25. The van der Waals surface area contributed by atoms with E-state index in [1.807, 2.05) is 0 Å². The molecule has 0 saturated heterocycles. The maximum absolute atomic E-state index is 12.5. The van der Waals surface area contributed by atoms with Crippen LogP contribution in [0.1, 0.15) is 0 Å². The monoisotopic (exact) mass is 378 g/mol. The number of carbonyl (C=O) groups excluding carboxylic acids is 1. The lowest BCUT2D eigenvalue weighted by Gasteiger charge is -2.27. The third kappa shape index (κ3) is 4.02. The summed E-state index contributed by atoms with van der Waals surface area (Å²) >= 11 is 3.03. The summed E-state index contributed by atoms with van der Waals surface area (Å²) in [6, 6.07) is 3.74. The minimum absolute atomic E-state index is 0.136. The zero-order valence-corrected chi connectivity index (χ0v) is 12.0. The van der Waals surface area contributed by atoms with Gasteiger partial charge in [-0.2, -0.15) is 26.3 Å². The number of nitrogen functional groups attached to an aromatic ring is 1. The van der Waals surface area contributed by atoms with Crippen LogP contribution in [0.5, 0.6) is 0 Å². The van der Waals surface area contributed by atoms with Crippen LogP contribution in [-0.4, -0.2) is 25.3 Å². The van der Waals surface area contributed by atoms with E-state index < -0.39 is 24.2 Å². The first-order chi connectivity index (χ1) is 9.35. The Morgan fingerprint density at radius 3 is 2.05 bits per heavy atom. The lowest BCUT2D eigenvalue weighted by Crippen LogP contribution is -2.48. The number of amides is 1. The Morgan fingerprint density at radius 2 is 1.67 bits per heavy atom. The van der Waals surface area contributed by atoms with Crippen molar-refractivity contribution in [1.29, 1.82) is 0 Å². The summed E-state index contributed by atoms with van der Waals surface area (Å²) in [4.78, 5) is 11.8. The molecule has 0 unspecified atom stereocenters. The summed E-state index contributed by atoms with van der Waals surface area (Å²) in [6.07, 6.45) is -11.5. The first kappa shape index (κ1) is 17.6. The van der Waals surface area contributed by atoms with Crippen molar-refractivity contribution in [3.8, 4) is 0 Å². The molecule has 0 aliphatic rings. The topological polar surface area (TPSA) is 46.3 Å². The SMILES string of the molecule is CN(C(=O)C(C(F)(F)F)C(F)(F)F)c1ccc(Br)cc1N. The van der Waals surface area contributed by atoms with Crippen molar-refractivity contribution in [2.24, 2.45) is 5.92 Å². The van der Waals surface area contributed by atoms with Crippen LogP contribution in [0.25, 0.3) is 0 Å². The van der Waals surface area contributed by atoms with Crippen LogP contribution in [0, 0.1) is 5.92 Å². The third-order valence-electron chi connectivity index (χ3n) is 2.58. The highest BCUT2D eigenvalue weighted by atomic mass is 79.9. The summed E-state index contributed by atoms with van der Waals surface area (Å²) < 4.78 is 75.5. The molecule has 1 aromatic rings. The predicted octanol–water partition coefficient (Wildman–Crippen LogP) is 3.73. The van der Waals surface area contributed by atoms with Crippen LogP contribution in [0.15, 0.2) is 22.7 Å². The Hall–Kier alpha value is -1.45. The van der Waals surface area contributed by atoms with Crippen molar-refractivity contribution in [1.82, 2.24) is 0 Å². The Kier molecular flexibility index (Phi) is 4.81. The maximum Gasteiger partial charge on any atom is 0.409 e. The molecule has 1 amide bonds. The quantitative estimate of drug-likeness (QED) is 0.629. The maximum atomic E-state index is 12.5. The molecular weight excluding hydrogens is 370 g/mol. The number of rotatable bonds is 2. The van der Waals surface area contributed by atoms with Gasteiger partial charge in [-0.05, 0) is 18.2 Å². The van der Waals surface area contributed by atoms with E-state index in [0.29, 0.717) is 4.47 Å². The molecule has 0 atom stereocenters. The first-order valence-corrected chi connectivity index (χ1v) is 6.11. The van der Waals surface area contributed by atoms with Gasteiger partial charge >= 0.3 is 12.4 Å². The van der Waals surface area contributed by atoms with Gasteiger partial charge in [-0.25, -0.2) is 0 Å². The Balaban J connectivity index is 3.21. The van der Waals surface area contributed by atoms with Crippen LogP contribution in [0.2, 0.25) is 0 Å². The Morgan fingerprint density at radius 1 is 1.19 bits per heavy atom. The van der Waals surface area contributed by atoms with Gasteiger partial charge in [-0.1, -0.05) is 15.9 Å². The highest BCUT2D eigenvalue weighted by molar-refractivity contribution is 9.10. The Bertz CT molecular complexity index is 528. The fourth-order valence-corrected chi connectivity index (χ4v) is 1.99. The van der Waals surface area contributed by atoms with Gasteiger partial charge in [0.25, 0.3) is 0 Å². The molecule has 0 saturated carbocycles. The largest absolute Gasteiger partial charge is 0.409 e. The number of nitrogens with zero attached hydrogens (tertiary/aromatic N) is 1. The molecule has 10 heteroatoms. The molecule has 0 fully saturated rings. The van der Waals surface area contributed by atoms with Crippen molar-refractivity contribution in [2.45, 2.75) is 12.4 Å². The second kappa shape index (κ2) is 5.74. The van der Waals surface area contributed by atoms with Crippen LogP contribution < -0.4 is 10.6 Å². The molecule has 3 nitrogen and oxygen atoms in total. The lowest BCUT2D eigenvalue weighted by molar-refractivity contribution is -0.273. The first-order valence-electron chi connectivity index (χ1n) is 5.31. The summed E-state index contributed by atoms with van der Waals surface area (Å²) in [5, 5.41) is 0. The molecule has 21 heavy (non-hydrogen) atoms. The summed E-state index contributed by atoms with van der Waals surface area (Å²) in [6.45, 7) is 0. The highest BCUT2D eigenvalue weighted by Crippen LogP contribution is 2.41. The van der Waals surface area contributed by atoms with Crippen molar-refractivity contribution in [2.75, 3.05) is 17.7 Å². The van der Waals surface area contributed by atoms with E-state index in [1.165, 1.54) is 12.1 Å². The fourth-order valence-electron chi connectivity index (χ4n) is 1.61. The van der Waals surface area contributed by atoms with Crippen LogP contribution in [0.3, 0.4) is 0 Å². The van der Waals surface area contributed by atoms with Crippen molar-refractivity contribution in [3.63, 3.8) is 0 Å². The molecule has 0 heterocycles. The predicted molar refractivity (Wildman–Crippen MR) is 67.6 cm³/mol. The number of hydrogen-bond acceptors (Lipinski definition) is 2. The second-order valence-corrected chi connectivity index (χ2v) is 5.03. The average molecular weight is 379 g/mol. The van der Waals surface area contributed by atoms with E-state index in [4.69, 9.17) is 5.73 Å². The minimum atomic E-state index is -5.74. The average Bonchev–Trinajstić information content (AvgIpc) is 2.23. The minimum Gasteiger partial charge on any atom is -0.397 e. The van der Waals surface area contributed by atoms with Crippen LogP contribution >= 0.6 is 15.9 Å². The molecule has 118 valence electrons. The zero-order valence-electron chi connectivity index (χ0n) is 10.4. The molecule has 0 radical (unpaired) electrons. The van der Waals surface area contributed by atoms with E-state index in [-0.39, 0.29) is 16.3 Å². The van der Waals surface area contributed by atoms with Crippen LogP contribution in [-0.2, 0) is 4.79 Å². The zero-order chi connectivity index (χ0) is 16.6. The van der Waals surface area contributed by atoms with Gasteiger partial charge in [0.1, 0.15) is 0 Å². The molecule has 1 aromatic carbocycles. The third-order valence-corrected chi connectivity index (χ3v) is 3.08. The molecule has 0 spiro atoms. The van der Waals surface area contributed by atoms with E-state index in [1.54, 1.807) is 0 Å². The van der Waals surface area contributed by atoms with Gasteiger partial charge < -0.3 is 10.6 Å². The van der Waals surface area contributed by atoms with Gasteiger partial charge in [0, 0.05) is 11.5 Å². The molecule has 0 aliphatic heterocycles. The van der Waals surface area contributed by atoms with Gasteiger partial charge in [0.2, 0.25) is 11.8 Å². The number of benzene rings is 1. The van der Waals surface area contributed by atoms with Gasteiger partial charge in [0.05, 0.1) is 11.4 Å². The van der Waals surface area contributed by atoms with Crippen LogP contribution in [0.4, 0.5) is 37.7 Å². The lowest BCUT2D eigenvalue weighted by atomic mass is 10.1. The van der Waals surface area contributed by atoms with Crippen molar-refractivity contribution < 1.29 is 31.1 Å². The number of anilines is 2. The van der Waals surface area contributed by atoms with Gasteiger partial charge in [0.15, 0.2) is 0 Å². The standard InChI is InChI=1S/C11H9BrF6N2O/c1-20(7-3-2-5(12)4-6(7)19)9(21)8(10(13,14)15)11(16,17)18/h2-4,8H,19H2,1H3. The fraction of sp³-hybridized carbons (Fsp3) is 0.364. The van der Waals surface area contributed by atoms with Gasteiger partial charge in [-0.15, -0.1) is 0 Å². The molecule has 0 aliphatic carbocycles. The molecule has 2 N–H and O–H groups in total. The summed E-state index contributed by atoms with van der Waals surface area (Å²) in [7, 11) is 0.798. The van der Waals surface area contributed by atoms with E-state index in [9.17, 15) is 31.1 Å². The highest BCUT2D eigenvalue weighted by Gasteiger charge is 2.62. The molecular formula is C11H9BrF6N2O. The molecule has 0 aromatic heterocycles. The number of hydrogen-bond donors (Lipinski definition) is 1. The number of carbonyl (C=O) groups is 1. The summed E-state index contributed by atoms with van der Waals surface area (Å²) in [5.41, 5.74) is 5.11.